The number of carbonyl (C=O) groups excluding carboxylic acids is 2. The molecule has 2 amide bonds. The van der Waals surface area contributed by atoms with Crippen LogP contribution >= 0.6 is 11.6 Å². The highest BCUT2D eigenvalue weighted by Crippen LogP contribution is 2.32. The Morgan fingerprint density at radius 2 is 1.79 bits per heavy atom. The van der Waals surface area contributed by atoms with E-state index in [0.717, 1.165) is 12.3 Å². The number of carbonyl (C=O) groups is 2. The molecule has 0 N–H and O–H groups in total. The number of halogens is 4. The van der Waals surface area contributed by atoms with Crippen molar-refractivity contribution in [2.45, 2.75) is 38.7 Å². The van der Waals surface area contributed by atoms with Gasteiger partial charge in [-0.15, -0.1) is 0 Å². The number of alkyl halides is 3. The first-order chi connectivity index (χ1) is 13.6. The molecule has 1 aromatic heterocycles. The van der Waals surface area contributed by atoms with E-state index in [-0.39, 0.29) is 36.6 Å². The minimum atomic E-state index is -4.49. The molecule has 1 saturated heterocycles. The van der Waals surface area contributed by atoms with Crippen molar-refractivity contribution in [1.82, 2.24) is 14.8 Å². The second-order valence-corrected chi connectivity index (χ2v) is 7.51. The molecule has 0 aliphatic carbocycles. The Labute approximate surface area is 171 Å². The summed E-state index contributed by atoms with van der Waals surface area (Å²) in [6.07, 6.45) is -3.77. The van der Waals surface area contributed by atoms with Crippen molar-refractivity contribution >= 4 is 23.4 Å². The Morgan fingerprint density at radius 1 is 1.14 bits per heavy atom. The molecule has 0 spiro atoms. The van der Waals surface area contributed by atoms with Gasteiger partial charge in [0.1, 0.15) is 12.6 Å². The fourth-order valence-corrected chi connectivity index (χ4v) is 3.32. The predicted molar refractivity (Wildman–Crippen MR) is 101 cm³/mol. The lowest BCUT2D eigenvalue weighted by molar-refractivity contribution is -0.158. The lowest BCUT2D eigenvalue weighted by Gasteiger charge is -2.42. The third-order valence-electron chi connectivity index (χ3n) is 4.75. The number of hydrogen-bond donors (Lipinski definition) is 0. The molecule has 2 aromatic rings. The van der Waals surface area contributed by atoms with Gasteiger partial charge in [0.15, 0.2) is 0 Å². The van der Waals surface area contributed by atoms with E-state index in [1.807, 2.05) is 13.8 Å². The van der Waals surface area contributed by atoms with Gasteiger partial charge < -0.3 is 9.80 Å². The van der Waals surface area contributed by atoms with Crippen LogP contribution in [-0.4, -0.2) is 39.2 Å². The van der Waals surface area contributed by atoms with Crippen LogP contribution in [0.2, 0.25) is 5.02 Å². The molecule has 29 heavy (non-hydrogen) atoms. The van der Waals surface area contributed by atoms with Gasteiger partial charge in [-0.3, -0.25) is 14.6 Å². The highest BCUT2D eigenvalue weighted by molar-refractivity contribution is 6.30. The van der Waals surface area contributed by atoms with Gasteiger partial charge in [-0.05, 0) is 43.7 Å². The average molecular weight is 426 g/mol. The molecule has 0 bridgehead atoms. The number of piperazine rings is 1. The summed E-state index contributed by atoms with van der Waals surface area (Å²) in [5.41, 5.74) is -0.0383. The highest BCUT2D eigenvalue weighted by atomic mass is 35.5. The Balaban J connectivity index is 1.94. The zero-order valence-electron chi connectivity index (χ0n) is 15.8. The fourth-order valence-electron chi connectivity index (χ4n) is 3.19. The van der Waals surface area contributed by atoms with Gasteiger partial charge in [0.2, 0.25) is 5.91 Å². The van der Waals surface area contributed by atoms with Gasteiger partial charge in [0, 0.05) is 17.3 Å². The topological polar surface area (TPSA) is 53.5 Å². The maximum atomic E-state index is 13.1. The molecular weight excluding hydrogens is 407 g/mol. The van der Waals surface area contributed by atoms with Gasteiger partial charge >= 0.3 is 6.18 Å². The minimum Gasteiger partial charge on any atom is -0.329 e. The fraction of sp³-hybridized carbons (Fsp3) is 0.350. The quantitative estimate of drug-likeness (QED) is 0.742. The van der Waals surface area contributed by atoms with E-state index in [9.17, 15) is 22.8 Å². The summed E-state index contributed by atoms with van der Waals surface area (Å²) in [7, 11) is 0. The van der Waals surface area contributed by atoms with Crippen LogP contribution in [0.15, 0.2) is 42.6 Å². The molecule has 0 saturated carbocycles. The van der Waals surface area contributed by atoms with E-state index in [0.29, 0.717) is 10.6 Å². The summed E-state index contributed by atoms with van der Waals surface area (Å²) in [5.74, 6) is -0.561. The zero-order chi connectivity index (χ0) is 21.3. The van der Waals surface area contributed by atoms with Crippen molar-refractivity contribution in [2.75, 3.05) is 6.54 Å². The third kappa shape index (κ3) is 4.53. The number of hydrogen-bond acceptors (Lipinski definition) is 3. The van der Waals surface area contributed by atoms with Gasteiger partial charge in [0.25, 0.3) is 5.91 Å². The first-order valence-corrected chi connectivity index (χ1v) is 9.33. The second kappa shape index (κ2) is 8.02. The van der Waals surface area contributed by atoms with Crippen LogP contribution in [0.3, 0.4) is 0 Å². The van der Waals surface area contributed by atoms with Gasteiger partial charge in [-0.1, -0.05) is 23.7 Å². The van der Waals surface area contributed by atoms with Crippen molar-refractivity contribution in [2.24, 2.45) is 0 Å². The van der Waals surface area contributed by atoms with Crippen LogP contribution in [0.5, 0.6) is 0 Å². The summed E-state index contributed by atoms with van der Waals surface area (Å²) < 4.78 is 38.3. The lowest BCUT2D eigenvalue weighted by Crippen LogP contribution is -2.57. The first kappa shape index (κ1) is 21.1. The van der Waals surface area contributed by atoms with Crippen molar-refractivity contribution in [1.29, 1.82) is 0 Å². The standard InChI is InChI=1S/C20H19ClF3N3O2/c1-12(2)26-11-17(28)27(10-16-8-5-14(9-25-16)20(22,23)24)18(19(26)29)13-3-6-15(21)7-4-13/h3-9,12,18H,10-11H2,1-2H3. The summed E-state index contributed by atoms with van der Waals surface area (Å²) in [5, 5.41) is 0.486. The van der Waals surface area contributed by atoms with Crippen molar-refractivity contribution in [3.8, 4) is 0 Å². The monoisotopic (exact) mass is 425 g/mol. The molecule has 0 radical (unpaired) electrons. The highest BCUT2D eigenvalue weighted by Gasteiger charge is 2.41. The molecule has 3 rings (SSSR count). The largest absolute Gasteiger partial charge is 0.417 e. The molecule has 5 nitrogen and oxygen atoms in total. The predicted octanol–water partition coefficient (Wildman–Crippen LogP) is 4.07. The molecule has 1 unspecified atom stereocenters. The normalized spacial score (nSPS) is 18.0. The number of pyridine rings is 1. The molecular formula is C20H19ClF3N3O2. The molecule has 1 aliphatic heterocycles. The summed E-state index contributed by atoms with van der Waals surface area (Å²) in [6.45, 7) is 3.46. The molecule has 1 aromatic carbocycles. The lowest BCUT2D eigenvalue weighted by atomic mass is 9.99. The summed E-state index contributed by atoms with van der Waals surface area (Å²) in [6, 6.07) is 7.62. The number of benzene rings is 1. The third-order valence-corrected chi connectivity index (χ3v) is 5.00. The molecule has 1 atom stereocenters. The maximum absolute atomic E-state index is 13.1. The Hall–Kier alpha value is -2.61. The summed E-state index contributed by atoms with van der Waals surface area (Å²) in [4.78, 5) is 32.6. The molecule has 1 aliphatic rings. The summed E-state index contributed by atoms with van der Waals surface area (Å²) >= 11 is 5.93. The zero-order valence-corrected chi connectivity index (χ0v) is 16.5. The Kier molecular flexibility index (Phi) is 5.84. The number of nitrogens with zero attached hydrogens (tertiary/aromatic N) is 3. The van der Waals surface area contributed by atoms with E-state index in [1.54, 1.807) is 24.3 Å². The van der Waals surface area contributed by atoms with Crippen LogP contribution in [-0.2, 0) is 22.3 Å². The number of amides is 2. The van der Waals surface area contributed by atoms with E-state index < -0.39 is 17.8 Å². The van der Waals surface area contributed by atoms with Crippen LogP contribution in [0.4, 0.5) is 13.2 Å². The van der Waals surface area contributed by atoms with E-state index in [2.05, 4.69) is 4.98 Å². The maximum Gasteiger partial charge on any atom is 0.417 e. The smallest absolute Gasteiger partial charge is 0.329 e. The van der Waals surface area contributed by atoms with Crippen LogP contribution in [0.1, 0.15) is 36.7 Å². The Bertz CT molecular complexity index is 899. The number of aromatic nitrogens is 1. The van der Waals surface area contributed by atoms with Crippen molar-refractivity contribution in [3.05, 3.63) is 64.4 Å². The molecule has 9 heteroatoms. The SMILES string of the molecule is CC(C)N1CC(=O)N(Cc2ccc(C(F)(F)F)cn2)C(c2ccc(Cl)cc2)C1=O. The first-order valence-electron chi connectivity index (χ1n) is 8.95. The molecule has 154 valence electrons. The van der Waals surface area contributed by atoms with Crippen LogP contribution in [0, 0.1) is 0 Å². The average Bonchev–Trinajstić information content (AvgIpc) is 2.65. The van der Waals surface area contributed by atoms with Crippen molar-refractivity contribution in [3.63, 3.8) is 0 Å². The van der Waals surface area contributed by atoms with Gasteiger partial charge in [-0.2, -0.15) is 13.2 Å². The van der Waals surface area contributed by atoms with Crippen LogP contribution < -0.4 is 0 Å². The van der Waals surface area contributed by atoms with E-state index >= 15 is 0 Å². The molecule has 1 fully saturated rings. The Morgan fingerprint density at radius 3 is 2.31 bits per heavy atom. The van der Waals surface area contributed by atoms with Crippen molar-refractivity contribution < 1.29 is 22.8 Å². The molecule has 2 heterocycles. The van der Waals surface area contributed by atoms with Gasteiger partial charge in [-0.25, -0.2) is 0 Å². The van der Waals surface area contributed by atoms with E-state index in [1.165, 1.54) is 15.9 Å². The second-order valence-electron chi connectivity index (χ2n) is 7.07. The minimum absolute atomic E-state index is 0.0814. The number of rotatable bonds is 4. The van der Waals surface area contributed by atoms with E-state index in [4.69, 9.17) is 11.6 Å². The van der Waals surface area contributed by atoms with Gasteiger partial charge in [0.05, 0.1) is 17.8 Å². The van der Waals surface area contributed by atoms with Crippen LogP contribution in [0.25, 0.3) is 0 Å².